The van der Waals surface area contributed by atoms with Crippen molar-refractivity contribution in [3.8, 4) is 0 Å². The lowest BCUT2D eigenvalue weighted by atomic mass is 9.69. The van der Waals surface area contributed by atoms with Crippen LogP contribution in [-0.2, 0) is 9.59 Å². The molecule has 0 saturated heterocycles. The average Bonchev–Trinajstić information content (AvgIpc) is 2.39. The lowest BCUT2D eigenvalue weighted by molar-refractivity contribution is -0.136. The maximum absolute atomic E-state index is 11.6. The molecule has 0 radical (unpaired) electrons. The lowest BCUT2D eigenvalue weighted by Gasteiger charge is -2.34. The summed E-state index contributed by atoms with van der Waals surface area (Å²) < 4.78 is 0. The van der Waals surface area contributed by atoms with E-state index in [-0.39, 0.29) is 5.57 Å². The van der Waals surface area contributed by atoms with Crippen molar-refractivity contribution in [1.29, 1.82) is 0 Å². The van der Waals surface area contributed by atoms with Crippen molar-refractivity contribution in [1.82, 2.24) is 0 Å². The first-order chi connectivity index (χ1) is 9.43. The summed E-state index contributed by atoms with van der Waals surface area (Å²) in [6.07, 6.45) is 7.82. The molecule has 116 valence electrons. The van der Waals surface area contributed by atoms with Crippen LogP contribution in [0.4, 0.5) is 0 Å². The molecule has 0 aliphatic rings. The Morgan fingerprint density at radius 2 is 1.40 bits per heavy atom. The van der Waals surface area contributed by atoms with Gasteiger partial charge in [0.1, 0.15) is 0 Å². The highest BCUT2D eigenvalue weighted by molar-refractivity contribution is 5.95. The van der Waals surface area contributed by atoms with Crippen LogP contribution < -0.4 is 0 Å². The first-order valence-corrected chi connectivity index (χ1v) is 7.61. The Labute approximate surface area is 121 Å². The monoisotopic (exact) mass is 284 g/mol. The zero-order valence-corrected chi connectivity index (χ0v) is 12.9. The van der Waals surface area contributed by atoms with Crippen molar-refractivity contribution < 1.29 is 19.8 Å². The number of carbonyl (C=O) groups is 2. The molecule has 0 atom stereocenters. The molecule has 0 aromatic rings. The lowest BCUT2D eigenvalue weighted by Crippen LogP contribution is -2.29. The largest absolute Gasteiger partial charge is 0.478 e. The standard InChI is InChI=1S/C16H28O4/c1-4-7-10-16(9-6-3,11-8-5-2)13(15(19)20)12-14(17)18/h12H,4-11H2,1-3H3,(H,17,18)(H,19,20)/b13-12+. The predicted octanol–water partition coefficient (Wildman–Crippen LogP) is 4.25. The van der Waals surface area contributed by atoms with Crippen LogP contribution in [-0.4, -0.2) is 22.2 Å². The normalized spacial score (nSPS) is 12.4. The molecule has 0 unspecified atom stereocenters. The van der Waals surface area contributed by atoms with Crippen molar-refractivity contribution in [3.63, 3.8) is 0 Å². The van der Waals surface area contributed by atoms with Crippen LogP contribution in [0, 0.1) is 5.41 Å². The molecule has 4 nitrogen and oxygen atoms in total. The van der Waals surface area contributed by atoms with Gasteiger partial charge in [0.2, 0.25) is 0 Å². The topological polar surface area (TPSA) is 74.6 Å². The third-order valence-corrected chi connectivity index (χ3v) is 3.82. The van der Waals surface area contributed by atoms with Crippen molar-refractivity contribution in [2.24, 2.45) is 5.41 Å². The number of carboxylic acids is 2. The fourth-order valence-electron chi connectivity index (χ4n) is 2.85. The summed E-state index contributed by atoms with van der Waals surface area (Å²) >= 11 is 0. The van der Waals surface area contributed by atoms with Crippen LogP contribution in [0.1, 0.15) is 72.1 Å². The fraction of sp³-hybridized carbons (Fsp3) is 0.750. The molecule has 0 amide bonds. The number of carboxylic acid groups (broad SMARTS) is 2. The Morgan fingerprint density at radius 1 is 0.900 bits per heavy atom. The van der Waals surface area contributed by atoms with Gasteiger partial charge in [-0.05, 0) is 19.3 Å². The van der Waals surface area contributed by atoms with Gasteiger partial charge in [-0.2, -0.15) is 0 Å². The van der Waals surface area contributed by atoms with Gasteiger partial charge in [-0.3, -0.25) is 0 Å². The second-order valence-electron chi connectivity index (χ2n) is 5.44. The molecule has 20 heavy (non-hydrogen) atoms. The molecule has 0 spiro atoms. The number of aliphatic carboxylic acids is 2. The van der Waals surface area contributed by atoms with Gasteiger partial charge in [0, 0.05) is 11.5 Å². The number of hydrogen-bond donors (Lipinski definition) is 2. The molecule has 0 rings (SSSR count). The number of hydrogen-bond acceptors (Lipinski definition) is 2. The summed E-state index contributed by atoms with van der Waals surface area (Å²) in [7, 11) is 0. The smallest absolute Gasteiger partial charge is 0.332 e. The minimum absolute atomic E-state index is 0.0775. The Bertz CT molecular complexity index is 336. The van der Waals surface area contributed by atoms with Crippen LogP contribution in [0.3, 0.4) is 0 Å². The molecular formula is C16H28O4. The third-order valence-electron chi connectivity index (χ3n) is 3.82. The van der Waals surface area contributed by atoms with Gasteiger partial charge in [-0.25, -0.2) is 9.59 Å². The van der Waals surface area contributed by atoms with Gasteiger partial charge in [0.25, 0.3) is 0 Å². The van der Waals surface area contributed by atoms with Crippen LogP contribution in [0.5, 0.6) is 0 Å². The second kappa shape index (κ2) is 9.56. The Morgan fingerprint density at radius 3 is 1.70 bits per heavy atom. The van der Waals surface area contributed by atoms with Gasteiger partial charge < -0.3 is 10.2 Å². The van der Waals surface area contributed by atoms with E-state index in [9.17, 15) is 14.7 Å². The van der Waals surface area contributed by atoms with Gasteiger partial charge in [0.15, 0.2) is 0 Å². The summed E-state index contributed by atoms with van der Waals surface area (Å²) in [6.45, 7) is 6.16. The molecule has 0 fully saturated rings. The molecule has 4 heteroatoms. The molecule has 0 aliphatic carbocycles. The minimum atomic E-state index is -1.17. The Balaban J connectivity index is 5.58. The van der Waals surface area contributed by atoms with Crippen molar-refractivity contribution in [2.75, 3.05) is 0 Å². The number of rotatable bonds is 11. The summed E-state index contributed by atoms with van der Waals surface area (Å²) in [5, 5.41) is 18.4. The SMILES string of the molecule is CCCCC(CCC)(CCCC)/C(=C/C(=O)O)C(=O)O. The van der Waals surface area contributed by atoms with E-state index < -0.39 is 17.4 Å². The Hall–Kier alpha value is -1.32. The molecular weight excluding hydrogens is 256 g/mol. The van der Waals surface area contributed by atoms with Crippen LogP contribution in [0.15, 0.2) is 11.6 Å². The van der Waals surface area contributed by atoms with Gasteiger partial charge in [-0.15, -0.1) is 0 Å². The molecule has 0 aliphatic heterocycles. The van der Waals surface area contributed by atoms with E-state index in [2.05, 4.69) is 13.8 Å². The second-order valence-corrected chi connectivity index (χ2v) is 5.44. The van der Waals surface area contributed by atoms with Crippen molar-refractivity contribution in [3.05, 3.63) is 11.6 Å². The summed E-state index contributed by atoms with van der Waals surface area (Å²) in [4.78, 5) is 22.5. The highest BCUT2D eigenvalue weighted by Gasteiger charge is 2.36. The first-order valence-electron chi connectivity index (χ1n) is 7.61. The summed E-state index contributed by atoms with van der Waals surface area (Å²) in [5.74, 6) is -2.26. The van der Waals surface area contributed by atoms with E-state index >= 15 is 0 Å². The van der Waals surface area contributed by atoms with E-state index in [1.165, 1.54) is 0 Å². The first kappa shape index (κ1) is 18.7. The zero-order valence-electron chi connectivity index (χ0n) is 12.9. The maximum Gasteiger partial charge on any atom is 0.332 e. The highest BCUT2D eigenvalue weighted by atomic mass is 16.4. The van der Waals surface area contributed by atoms with E-state index in [0.29, 0.717) is 0 Å². The van der Waals surface area contributed by atoms with Gasteiger partial charge in [-0.1, -0.05) is 52.9 Å². The number of unbranched alkanes of at least 4 members (excludes halogenated alkanes) is 2. The highest BCUT2D eigenvalue weighted by Crippen LogP contribution is 2.43. The Kier molecular flexibility index (Phi) is 8.93. The zero-order chi connectivity index (χ0) is 15.6. The quantitative estimate of drug-likeness (QED) is 0.556. The fourth-order valence-corrected chi connectivity index (χ4v) is 2.85. The van der Waals surface area contributed by atoms with Crippen LogP contribution >= 0.6 is 0 Å². The molecule has 0 aromatic carbocycles. The van der Waals surface area contributed by atoms with E-state index in [4.69, 9.17) is 5.11 Å². The summed E-state index contributed by atoms with van der Waals surface area (Å²) in [5.41, 5.74) is -0.417. The van der Waals surface area contributed by atoms with Crippen molar-refractivity contribution in [2.45, 2.75) is 72.1 Å². The van der Waals surface area contributed by atoms with E-state index in [1.807, 2.05) is 6.92 Å². The summed E-state index contributed by atoms with van der Waals surface area (Å²) in [6, 6.07) is 0. The molecule has 0 heterocycles. The van der Waals surface area contributed by atoms with Gasteiger partial charge in [0.05, 0.1) is 5.57 Å². The molecule has 0 bridgehead atoms. The average molecular weight is 284 g/mol. The van der Waals surface area contributed by atoms with E-state index in [0.717, 1.165) is 57.4 Å². The molecule has 2 N–H and O–H groups in total. The van der Waals surface area contributed by atoms with Crippen LogP contribution in [0.2, 0.25) is 0 Å². The minimum Gasteiger partial charge on any atom is -0.478 e. The van der Waals surface area contributed by atoms with Crippen molar-refractivity contribution >= 4 is 11.9 Å². The van der Waals surface area contributed by atoms with Crippen LogP contribution in [0.25, 0.3) is 0 Å². The van der Waals surface area contributed by atoms with Gasteiger partial charge >= 0.3 is 11.9 Å². The maximum atomic E-state index is 11.6. The third kappa shape index (κ3) is 5.76. The predicted molar refractivity (Wildman–Crippen MR) is 79.7 cm³/mol. The molecule has 0 saturated carbocycles. The molecule has 0 aromatic heterocycles. The van der Waals surface area contributed by atoms with E-state index in [1.54, 1.807) is 0 Å².